The molecule has 2 fully saturated rings. The Kier molecular flexibility index (Phi) is 6.41. The van der Waals surface area contributed by atoms with Gasteiger partial charge in [-0.05, 0) is 19.4 Å². The number of hydrogen-bond donors (Lipinski definition) is 2. The molecule has 2 saturated heterocycles. The number of nitrogens with one attached hydrogen (secondary N) is 2. The molecule has 0 aromatic carbocycles. The summed E-state index contributed by atoms with van der Waals surface area (Å²) in [5.74, 6) is 2.56. The topological polar surface area (TPSA) is 61.4 Å². The number of rotatable bonds is 6. The molecule has 0 aromatic heterocycles. The highest BCUT2D eigenvalue weighted by Gasteiger charge is 2.20. The van der Waals surface area contributed by atoms with Crippen LogP contribution in [0.5, 0.6) is 0 Å². The second-order valence-electron chi connectivity index (χ2n) is 5.28. The molecule has 2 aliphatic rings. The van der Waals surface area contributed by atoms with E-state index in [1.165, 1.54) is 11.5 Å². The summed E-state index contributed by atoms with van der Waals surface area (Å²) < 4.78 is 26.7. The molecule has 5 nitrogen and oxygen atoms in total. The summed E-state index contributed by atoms with van der Waals surface area (Å²) in [5.41, 5.74) is 0. The molecule has 1 atom stereocenters. The smallest absolute Gasteiger partial charge is 0.213 e. The SMILES string of the molecule is O=S(=O)(CC1CCCCN1)NCCN1CCSCC1. The van der Waals surface area contributed by atoms with Gasteiger partial charge in [0, 0.05) is 43.7 Å². The first-order valence-electron chi connectivity index (χ1n) is 7.16. The Labute approximate surface area is 120 Å². The van der Waals surface area contributed by atoms with E-state index in [-0.39, 0.29) is 11.8 Å². The molecule has 0 aliphatic carbocycles. The van der Waals surface area contributed by atoms with Crippen LogP contribution in [0, 0.1) is 0 Å². The summed E-state index contributed by atoms with van der Waals surface area (Å²) in [6.07, 6.45) is 3.28. The molecule has 0 aromatic rings. The second kappa shape index (κ2) is 7.83. The van der Waals surface area contributed by atoms with Gasteiger partial charge in [-0.25, -0.2) is 13.1 Å². The fourth-order valence-corrected chi connectivity index (χ4v) is 4.89. The Morgan fingerprint density at radius 1 is 1.26 bits per heavy atom. The van der Waals surface area contributed by atoms with Crippen LogP contribution >= 0.6 is 11.8 Å². The van der Waals surface area contributed by atoms with Crippen molar-refractivity contribution in [1.29, 1.82) is 0 Å². The van der Waals surface area contributed by atoms with Crippen LogP contribution < -0.4 is 10.0 Å². The lowest BCUT2D eigenvalue weighted by Gasteiger charge is -2.26. The minimum absolute atomic E-state index is 0.137. The third-order valence-corrected chi connectivity index (χ3v) is 6.11. The van der Waals surface area contributed by atoms with Gasteiger partial charge in [-0.2, -0.15) is 11.8 Å². The zero-order chi connectivity index (χ0) is 13.6. The van der Waals surface area contributed by atoms with Crippen molar-refractivity contribution in [3.63, 3.8) is 0 Å². The third kappa shape index (κ3) is 5.99. The number of nitrogens with zero attached hydrogens (tertiary/aromatic N) is 1. The van der Waals surface area contributed by atoms with Gasteiger partial charge in [0.05, 0.1) is 5.75 Å². The van der Waals surface area contributed by atoms with Gasteiger partial charge in [0.2, 0.25) is 10.0 Å². The van der Waals surface area contributed by atoms with Crippen LogP contribution in [0.15, 0.2) is 0 Å². The molecule has 2 heterocycles. The average molecular weight is 307 g/mol. The quantitative estimate of drug-likeness (QED) is 0.729. The number of thioether (sulfide) groups is 1. The molecule has 0 saturated carbocycles. The molecule has 0 bridgehead atoms. The molecule has 1 unspecified atom stereocenters. The van der Waals surface area contributed by atoms with Gasteiger partial charge >= 0.3 is 0 Å². The van der Waals surface area contributed by atoms with Crippen LogP contribution in [0.2, 0.25) is 0 Å². The van der Waals surface area contributed by atoms with Crippen molar-refractivity contribution in [2.45, 2.75) is 25.3 Å². The zero-order valence-corrected chi connectivity index (χ0v) is 13.1. The van der Waals surface area contributed by atoms with Gasteiger partial charge in [-0.3, -0.25) is 0 Å². The minimum atomic E-state index is -3.13. The zero-order valence-electron chi connectivity index (χ0n) is 11.4. The fraction of sp³-hybridized carbons (Fsp3) is 1.00. The third-order valence-electron chi connectivity index (χ3n) is 3.69. The van der Waals surface area contributed by atoms with Gasteiger partial charge in [0.15, 0.2) is 0 Å². The van der Waals surface area contributed by atoms with Gasteiger partial charge in [-0.1, -0.05) is 6.42 Å². The maximum Gasteiger partial charge on any atom is 0.213 e. The minimum Gasteiger partial charge on any atom is -0.313 e. The van der Waals surface area contributed by atoms with Gasteiger partial charge in [0.25, 0.3) is 0 Å². The molecule has 0 amide bonds. The lowest BCUT2D eigenvalue weighted by molar-refractivity contribution is 0.307. The molecule has 0 spiro atoms. The number of piperidine rings is 1. The normalized spacial score (nSPS) is 26.4. The van der Waals surface area contributed by atoms with E-state index in [0.29, 0.717) is 6.54 Å². The first-order valence-corrected chi connectivity index (χ1v) is 9.97. The van der Waals surface area contributed by atoms with E-state index < -0.39 is 10.0 Å². The predicted octanol–water partition coefficient (Wildman–Crippen LogP) is 0.0967. The highest BCUT2D eigenvalue weighted by Crippen LogP contribution is 2.09. The predicted molar refractivity (Wildman–Crippen MR) is 81.2 cm³/mol. The van der Waals surface area contributed by atoms with Crippen molar-refractivity contribution in [3.05, 3.63) is 0 Å². The molecule has 19 heavy (non-hydrogen) atoms. The van der Waals surface area contributed by atoms with Crippen LogP contribution in [0.4, 0.5) is 0 Å². The van der Waals surface area contributed by atoms with Gasteiger partial charge in [-0.15, -0.1) is 0 Å². The molecule has 2 rings (SSSR count). The summed E-state index contributed by atoms with van der Waals surface area (Å²) in [7, 11) is -3.13. The van der Waals surface area contributed by atoms with E-state index in [1.807, 2.05) is 11.8 Å². The van der Waals surface area contributed by atoms with Crippen LogP contribution in [0.25, 0.3) is 0 Å². The molecule has 112 valence electrons. The van der Waals surface area contributed by atoms with E-state index >= 15 is 0 Å². The van der Waals surface area contributed by atoms with Crippen LogP contribution in [0.1, 0.15) is 19.3 Å². The van der Waals surface area contributed by atoms with Crippen LogP contribution in [-0.2, 0) is 10.0 Å². The Morgan fingerprint density at radius 3 is 2.74 bits per heavy atom. The Morgan fingerprint density at radius 2 is 2.05 bits per heavy atom. The molecule has 7 heteroatoms. The highest BCUT2D eigenvalue weighted by atomic mass is 32.2. The molecule has 0 radical (unpaired) electrons. The lowest BCUT2D eigenvalue weighted by Crippen LogP contribution is -2.44. The molecule has 2 N–H and O–H groups in total. The molecular formula is C12H25N3O2S2. The summed E-state index contributed by atoms with van der Waals surface area (Å²) in [6, 6.07) is 0.137. The Hall–Kier alpha value is 0.180. The van der Waals surface area contributed by atoms with E-state index in [0.717, 1.165) is 45.4 Å². The van der Waals surface area contributed by atoms with E-state index in [9.17, 15) is 8.42 Å². The average Bonchev–Trinajstić information content (AvgIpc) is 2.40. The Bertz CT molecular complexity index is 350. The highest BCUT2D eigenvalue weighted by molar-refractivity contribution is 7.99. The first kappa shape index (κ1) is 15.6. The molecule has 2 aliphatic heterocycles. The number of sulfonamides is 1. The van der Waals surface area contributed by atoms with Crippen LogP contribution in [-0.4, -0.2) is 69.3 Å². The van der Waals surface area contributed by atoms with Crippen molar-refractivity contribution in [1.82, 2.24) is 14.9 Å². The number of hydrogen-bond acceptors (Lipinski definition) is 5. The standard InChI is InChI=1S/C12H25N3O2S2/c16-19(17,11-12-3-1-2-4-13-12)14-5-6-15-7-9-18-10-8-15/h12-14H,1-11H2. The van der Waals surface area contributed by atoms with Crippen molar-refractivity contribution >= 4 is 21.8 Å². The first-order chi connectivity index (χ1) is 9.16. The summed E-state index contributed by atoms with van der Waals surface area (Å²) >= 11 is 1.97. The fourth-order valence-electron chi connectivity index (χ4n) is 2.57. The van der Waals surface area contributed by atoms with Crippen molar-refractivity contribution in [2.24, 2.45) is 0 Å². The van der Waals surface area contributed by atoms with Crippen LogP contribution in [0.3, 0.4) is 0 Å². The maximum absolute atomic E-state index is 12.0. The van der Waals surface area contributed by atoms with Gasteiger partial charge < -0.3 is 10.2 Å². The molecular weight excluding hydrogens is 282 g/mol. The van der Waals surface area contributed by atoms with Crippen molar-refractivity contribution in [2.75, 3.05) is 50.0 Å². The second-order valence-corrected chi connectivity index (χ2v) is 8.35. The summed E-state index contributed by atoms with van der Waals surface area (Å²) in [4.78, 5) is 2.33. The van der Waals surface area contributed by atoms with E-state index in [2.05, 4.69) is 14.9 Å². The van der Waals surface area contributed by atoms with Crippen molar-refractivity contribution in [3.8, 4) is 0 Å². The largest absolute Gasteiger partial charge is 0.313 e. The van der Waals surface area contributed by atoms with E-state index in [4.69, 9.17) is 0 Å². The van der Waals surface area contributed by atoms with Gasteiger partial charge in [0.1, 0.15) is 0 Å². The lowest BCUT2D eigenvalue weighted by atomic mass is 10.1. The maximum atomic E-state index is 12.0. The summed E-state index contributed by atoms with van der Waals surface area (Å²) in [5, 5.41) is 3.28. The monoisotopic (exact) mass is 307 g/mol. The van der Waals surface area contributed by atoms with Crippen molar-refractivity contribution < 1.29 is 8.42 Å². The summed E-state index contributed by atoms with van der Waals surface area (Å²) in [6.45, 7) is 4.48. The van der Waals surface area contributed by atoms with E-state index in [1.54, 1.807) is 0 Å². The Balaban J connectivity index is 1.65.